The molecule has 0 aliphatic rings. The predicted molar refractivity (Wildman–Crippen MR) is 60.6 cm³/mol. The van der Waals surface area contributed by atoms with E-state index >= 15 is 0 Å². The number of carboxylic acid groups (broad SMARTS) is 1. The molecule has 5 heteroatoms. The summed E-state index contributed by atoms with van der Waals surface area (Å²) in [7, 11) is 0. The molecule has 3 N–H and O–H groups in total. The molecular weight excluding hydrogens is 208 g/mol. The number of anilines is 1. The van der Waals surface area contributed by atoms with Crippen molar-refractivity contribution in [2.45, 2.75) is 25.9 Å². The Balaban J connectivity index is 2.40. The van der Waals surface area contributed by atoms with Gasteiger partial charge >= 0.3 is 5.97 Å². The summed E-state index contributed by atoms with van der Waals surface area (Å²) in [6, 6.07) is 3.11. The fourth-order valence-corrected chi connectivity index (χ4v) is 1.20. The molecule has 0 aromatic carbocycles. The molecule has 1 heterocycles. The summed E-state index contributed by atoms with van der Waals surface area (Å²) in [4.78, 5) is 14.5. The van der Waals surface area contributed by atoms with Crippen LogP contribution in [0.5, 0.6) is 0 Å². The van der Waals surface area contributed by atoms with Gasteiger partial charge in [-0.15, -0.1) is 0 Å². The minimum Gasteiger partial charge on any atom is -0.478 e. The molecule has 5 nitrogen and oxygen atoms in total. The molecule has 0 bridgehead atoms. The van der Waals surface area contributed by atoms with Crippen molar-refractivity contribution in [3.63, 3.8) is 0 Å². The lowest BCUT2D eigenvalue weighted by atomic mass is 10.2. The lowest BCUT2D eigenvalue weighted by molar-refractivity contribution is 0.0696. The first-order chi connectivity index (χ1) is 7.63. The maximum absolute atomic E-state index is 10.6. The maximum Gasteiger partial charge on any atom is 0.337 e. The summed E-state index contributed by atoms with van der Waals surface area (Å²) in [5, 5.41) is 21.0. The first kappa shape index (κ1) is 12.4. The summed E-state index contributed by atoms with van der Waals surface area (Å²) in [6.45, 7) is 2.54. The quantitative estimate of drug-likeness (QED) is 0.679. The van der Waals surface area contributed by atoms with Crippen LogP contribution in [-0.2, 0) is 0 Å². The average Bonchev–Trinajstić information content (AvgIpc) is 2.29. The highest BCUT2D eigenvalue weighted by Crippen LogP contribution is 2.05. The Labute approximate surface area is 94.1 Å². The summed E-state index contributed by atoms with van der Waals surface area (Å²) < 4.78 is 0. The van der Waals surface area contributed by atoms with Crippen LogP contribution in [0.3, 0.4) is 0 Å². The number of pyridine rings is 1. The summed E-state index contributed by atoms with van der Waals surface area (Å²) in [6.07, 6.45) is 2.39. The Bertz CT molecular complexity index is 338. The number of nitrogens with zero attached hydrogens (tertiary/aromatic N) is 1. The number of nitrogens with one attached hydrogen (secondary N) is 1. The number of aliphatic hydroxyl groups excluding tert-OH is 1. The van der Waals surface area contributed by atoms with Gasteiger partial charge in [-0.05, 0) is 25.0 Å². The van der Waals surface area contributed by atoms with E-state index in [2.05, 4.69) is 10.3 Å². The van der Waals surface area contributed by atoms with Crippen molar-refractivity contribution in [1.82, 2.24) is 4.98 Å². The van der Waals surface area contributed by atoms with Crippen LogP contribution >= 0.6 is 0 Å². The molecular formula is C11H16N2O3. The number of carbonyl (C=O) groups is 1. The van der Waals surface area contributed by atoms with Crippen LogP contribution in [0.2, 0.25) is 0 Å². The Morgan fingerprint density at radius 2 is 2.31 bits per heavy atom. The van der Waals surface area contributed by atoms with Gasteiger partial charge in [0.25, 0.3) is 0 Å². The van der Waals surface area contributed by atoms with E-state index in [4.69, 9.17) is 5.11 Å². The second kappa shape index (κ2) is 6.07. The standard InChI is InChI=1S/C11H16N2O3/c1-2-9(14)5-6-12-10-4-3-8(7-13-10)11(15)16/h3-4,7,9,14H,2,5-6H2,1H3,(H,12,13)(H,15,16). The topological polar surface area (TPSA) is 82.5 Å². The molecule has 0 aliphatic carbocycles. The van der Waals surface area contributed by atoms with Crippen LogP contribution in [0.15, 0.2) is 18.3 Å². The summed E-state index contributed by atoms with van der Waals surface area (Å²) >= 11 is 0. The molecule has 0 radical (unpaired) electrons. The molecule has 0 saturated heterocycles. The second-order valence-corrected chi connectivity index (χ2v) is 3.51. The first-order valence-corrected chi connectivity index (χ1v) is 5.24. The molecule has 1 atom stereocenters. The van der Waals surface area contributed by atoms with Crippen molar-refractivity contribution < 1.29 is 15.0 Å². The van der Waals surface area contributed by atoms with E-state index in [-0.39, 0.29) is 11.7 Å². The van der Waals surface area contributed by atoms with Crippen molar-refractivity contribution in [3.05, 3.63) is 23.9 Å². The van der Waals surface area contributed by atoms with Gasteiger partial charge in [-0.2, -0.15) is 0 Å². The first-order valence-electron chi connectivity index (χ1n) is 5.24. The fourth-order valence-electron chi connectivity index (χ4n) is 1.20. The number of carboxylic acids is 1. The monoisotopic (exact) mass is 224 g/mol. The van der Waals surface area contributed by atoms with E-state index in [1.165, 1.54) is 12.3 Å². The zero-order valence-corrected chi connectivity index (χ0v) is 9.18. The van der Waals surface area contributed by atoms with Crippen molar-refractivity contribution in [1.29, 1.82) is 0 Å². The highest BCUT2D eigenvalue weighted by atomic mass is 16.4. The predicted octanol–water partition coefficient (Wildman–Crippen LogP) is 1.35. The Hall–Kier alpha value is -1.62. The van der Waals surface area contributed by atoms with E-state index in [1.54, 1.807) is 6.07 Å². The Morgan fingerprint density at radius 3 is 2.81 bits per heavy atom. The number of aromatic nitrogens is 1. The minimum atomic E-state index is -0.986. The number of hydrogen-bond acceptors (Lipinski definition) is 4. The van der Waals surface area contributed by atoms with Crippen molar-refractivity contribution in [2.24, 2.45) is 0 Å². The van der Waals surface area contributed by atoms with E-state index in [1.807, 2.05) is 6.92 Å². The second-order valence-electron chi connectivity index (χ2n) is 3.51. The van der Waals surface area contributed by atoms with Crippen LogP contribution in [0.1, 0.15) is 30.1 Å². The third-order valence-electron chi connectivity index (χ3n) is 2.27. The lowest BCUT2D eigenvalue weighted by Crippen LogP contribution is -2.12. The zero-order valence-electron chi connectivity index (χ0n) is 9.18. The van der Waals surface area contributed by atoms with E-state index in [9.17, 15) is 9.90 Å². The highest BCUT2D eigenvalue weighted by Gasteiger charge is 2.03. The molecule has 0 fully saturated rings. The SMILES string of the molecule is CCC(O)CCNc1ccc(C(=O)O)cn1. The zero-order chi connectivity index (χ0) is 12.0. The van der Waals surface area contributed by atoms with Gasteiger partial charge < -0.3 is 15.5 Å². The highest BCUT2D eigenvalue weighted by molar-refractivity contribution is 5.87. The number of rotatable bonds is 6. The molecule has 88 valence electrons. The van der Waals surface area contributed by atoms with E-state index < -0.39 is 5.97 Å². The molecule has 1 aromatic rings. The molecule has 0 saturated carbocycles. The molecule has 0 amide bonds. The maximum atomic E-state index is 10.6. The molecule has 0 spiro atoms. The van der Waals surface area contributed by atoms with Gasteiger partial charge in [0.1, 0.15) is 5.82 Å². The largest absolute Gasteiger partial charge is 0.478 e. The van der Waals surface area contributed by atoms with Gasteiger partial charge in [0.2, 0.25) is 0 Å². The van der Waals surface area contributed by atoms with Crippen molar-refractivity contribution >= 4 is 11.8 Å². The third-order valence-corrected chi connectivity index (χ3v) is 2.27. The van der Waals surface area contributed by atoms with Gasteiger partial charge in [-0.1, -0.05) is 6.92 Å². The van der Waals surface area contributed by atoms with Gasteiger partial charge in [-0.3, -0.25) is 0 Å². The van der Waals surface area contributed by atoms with E-state index in [0.717, 1.165) is 6.42 Å². The van der Waals surface area contributed by atoms with Crippen LogP contribution < -0.4 is 5.32 Å². The molecule has 1 unspecified atom stereocenters. The van der Waals surface area contributed by atoms with Crippen LogP contribution in [0.25, 0.3) is 0 Å². The minimum absolute atomic E-state index is 0.166. The van der Waals surface area contributed by atoms with Crippen LogP contribution in [0.4, 0.5) is 5.82 Å². The fraction of sp³-hybridized carbons (Fsp3) is 0.455. The summed E-state index contributed by atoms with van der Waals surface area (Å²) in [5.74, 6) is -0.367. The molecule has 16 heavy (non-hydrogen) atoms. The van der Waals surface area contributed by atoms with E-state index in [0.29, 0.717) is 18.8 Å². The van der Waals surface area contributed by atoms with Gasteiger partial charge in [-0.25, -0.2) is 9.78 Å². The number of hydrogen-bond donors (Lipinski definition) is 3. The number of aliphatic hydroxyl groups is 1. The smallest absolute Gasteiger partial charge is 0.337 e. The average molecular weight is 224 g/mol. The van der Waals surface area contributed by atoms with Crippen LogP contribution in [0, 0.1) is 0 Å². The van der Waals surface area contributed by atoms with Crippen molar-refractivity contribution in [2.75, 3.05) is 11.9 Å². The Morgan fingerprint density at radius 1 is 1.56 bits per heavy atom. The lowest BCUT2D eigenvalue weighted by Gasteiger charge is -2.09. The number of aromatic carboxylic acids is 1. The third kappa shape index (κ3) is 3.86. The van der Waals surface area contributed by atoms with Crippen molar-refractivity contribution in [3.8, 4) is 0 Å². The van der Waals surface area contributed by atoms with Gasteiger partial charge in [0.15, 0.2) is 0 Å². The van der Waals surface area contributed by atoms with Crippen LogP contribution in [-0.4, -0.2) is 33.8 Å². The normalized spacial score (nSPS) is 12.1. The summed E-state index contributed by atoms with van der Waals surface area (Å²) in [5.41, 5.74) is 0.166. The molecule has 1 rings (SSSR count). The molecule has 0 aliphatic heterocycles. The Kier molecular flexibility index (Phi) is 4.72. The van der Waals surface area contributed by atoms with Gasteiger partial charge in [0, 0.05) is 12.7 Å². The molecule has 1 aromatic heterocycles. The van der Waals surface area contributed by atoms with Gasteiger partial charge in [0.05, 0.1) is 11.7 Å².